The lowest BCUT2D eigenvalue weighted by Crippen LogP contribution is -2.25. The van der Waals surface area contributed by atoms with Crippen LogP contribution in [0, 0.1) is 0 Å². The third kappa shape index (κ3) is 5.74. The van der Waals surface area contributed by atoms with Crippen molar-refractivity contribution in [2.24, 2.45) is 0 Å². The van der Waals surface area contributed by atoms with Gasteiger partial charge in [-0.1, -0.05) is 6.07 Å². The second-order valence-electron chi connectivity index (χ2n) is 6.79. The minimum atomic E-state index is -4.53. The van der Waals surface area contributed by atoms with Crippen LogP contribution in [0.2, 0.25) is 0 Å². The third-order valence-electron chi connectivity index (χ3n) is 4.52. The normalized spacial score (nSPS) is 12.8. The first-order chi connectivity index (χ1) is 14.6. The molecule has 0 saturated carbocycles. The summed E-state index contributed by atoms with van der Waals surface area (Å²) in [5.41, 5.74) is 1.30. The molecular formula is C21H19F3N2O5. The van der Waals surface area contributed by atoms with E-state index in [0.717, 1.165) is 29.4 Å². The summed E-state index contributed by atoms with van der Waals surface area (Å²) in [5, 5.41) is 2.58. The SMILES string of the molecule is CC(=O)N1CCc2cc(NC(=O)COC(=O)COc3cccc(C(F)(F)F)c3)ccc21. The van der Waals surface area contributed by atoms with Gasteiger partial charge >= 0.3 is 12.1 Å². The van der Waals surface area contributed by atoms with Crippen molar-refractivity contribution in [2.45, 2.75) is 19.5 Å². The van der Waals surface area contributed by atoms with Gasteiger partial charge in [0.05, 0.1) is 5.56 Å². The predicted molar refractivity (Wildman–Crippen MR) is 105 cm³/mol. The second kappa shape index (κ2) is 9.07. The first-order valence-electron chi connectivity index (χ1n) is 9.30. The van der Waals surface area contributed by atoms with Gasteiger partial charge in [0.1, 0.15) is 5.75 Å². The fourth-order valence-electron chi connectivity index (χ4n) is 3.10. The van der Waals surface area contributed by atoms with Crippen molar-refractivity contribution in [3.05, 3.63) is 53.6 Å². The van der Waals surface area contributed by atoms with Crippen molar-refractivity contribution < 1.29 is 37.0 Å². The number of halogens is 3. The number of fused-ring (bicyclic) bond motifs is 1. The van der Waals surface area contributed by atoms with Crippen LogP contribution < -0.4 is 15.0 Å². The average molecular weight is 436 g/mol. The highest BCUT2D eigenvalue weighted by molar-refractivity contribution is 5.96. The Balaban J connectivity index is 1.46. The molecule has 0 aliphatic carbocycles. The molecule has 0 saturated heterocycles. The Kier molecular flexibility index (Phi) is 6.47. The molecule has 0 fully saturated rings. The summed E-state index contributed by atoms with van der Waals surface area (Å²) in [6.07, 6.45) is -3.86. The van der Waals surface area contributed by atoms with Gasteiger partial charge in [-0.25, -0.2) is 4.79 Å². The Morgan fingerprint density at radius 1 is 1.10 bits per heavy atom. The Labute approximate surface area is 175 Å². The molecule has 2 aromatic carbocycles. The zero-order valence-electron chi connectivity index (χ0n) is 16.5. The number of carbonyl (C=O) groups excluding carboxylic acids is 3. The van der Waals surface area contributed by atoms with E-state index in [1.54, 1.807) is 23.1 Å². The van der Waals surface area contributed by atoms with E-state index in [9.17, 15) is 27.6 Å². The summed E-state index contributed by atoms with van der Waals surface area (Å²) in [7, 11) is 0. The molecule has 1 aliphatic rings. The van der Waals surface area contributed by atoms with Crippen molar-refractivity contribution in [2.75, 3.05) is 30.0 Å². The van der Waals surface area contributed by atoms with Gasteiger partial charge in [-0.05, 0) is 48.4 Å². The van der Waals surface area contributed by atoms with Crippen LogP contribution in [0.1, 0.15) is 18.1 Å². The van der Waals surface area contributed by atoms with Gasteiger partial charge in [0.2, 0.25) is 5.91 Å². The van der Waals surface area contributed by atoms with E-state index in [2.05, 4.69) is 5.32 Å². The number of hydrogen-bond donors (Lipinski definition) is 1. The van der Waals surface area contributed by atoms with Gasteiger partial charge < -0.3 is 19.7 Å². The van der Waals surface area contributed by atoms with Crippen molar-refractivity contribution in [1.82, 2.24) is 0 Å². The molecule has 164 valence electrons. The van der Waals surface area contributed by atoms with Gasteiger partial charge in [0.15, 0.2) is 13.2 Å². The monoisotopic (exact) mass is 436 g/mol. The van der Waals surface area contributed by atoms with Gasteiger partial charge in [0, 0.05) is 24.8 Å². The molecule has 0 unspecified atom stereocenters. The zero-order valence-corrected chi connectivity index (χ0v) is 16.5. The molecule has 0 aromatic heterocycles. The van der Waals surface area contributed by atoms with Crippen LogP contribution in [-0.2, 0) is 31.7 Å². The standard InChI is InChI=1S/C21H19F3N2O5/c1-13(27)26-8-7-14-9-16(5-6-18(14)26)25-19(28)11-31-20(29)12-30-17-4-2-3-15(10-17)21(22,23)24/h2-6,9-10H,7-8,11-12H2,1H3,(H,25,28). The van der Waals surface area contributed by atoms with E-state index in [-0.39, 0.29) is 11.7 Å². The summed E-state index contributed by atoms with van der Waals surface area (Å²) < 4.78 is 47.8. The van der Waals surface area contributed by atoms with E-state index in [0.29, 0.717) is 18.7 Å². The molecule has 0 radical (unpaired) electrons. The maximum Gasteiger partial charge on any atom is 0.416 e. The topological polar surface area (TPSA) is 84.9 Å². The van der Waals surface area contributed by atoms with Crippen molar-refractivity contribution in [3.63, 3.8) is 0 Å². The number of benzene rings is 2. The summed E-state index contributed by atoms with van der Waals surface area (Å²) in [6.45, 7) is 0.831. The fourth-order valence-corrected chi connectivity index (χ4v) is 3.10. The summed E-state index contributed by atoms with van der Waals surface area (Å²) >= 11 is 0. The molecule has 1 aliphatic heterocycles. The smallest absolute Gasteiger partial charge is 0.416 e. The molecule has 3 rings (SSSR count). The molecule has 2 aromatic rings. The number of esters is 1. The highest BCUT2D eigenvalue weighted by atomic mass is 19.4. The quantitative estimate of drug-likeness (QED) is 0.704. The fraction of sp³-hybridized carbons (Fsp3) is 0.286. The molecule has 1 heterocycles. The van der Waals surface area contributed by atoms with Gasteiger partial charge in [-0.3, -0.25) is 9.59 Å². The second-order valence-corrected chi connectivity index (χ2v) is 6.79. The highest BCUT2D eigenvalue weighted by Gasteiger charge is 2.30. The maximum atomic E-state index is 12.7. The average Bonchev–Trinajstić information content (AvgIpc) is 3.14. The first kappa shape index (κ1) is 22.1. The first-order valence-corrected chi connectivity index (χ1v) is 9.30. The van der Waals surface area contributed by atoms with Gasteiger partial charge in [0.25, 0.3) is 5.91 Å². The number of alkyl halides is 3. The number of anilines is 2. The number of amides is 2. The van der Waals surface area contributed by atoms with E-state index >= 15 is 0 Å². The Morgan fingerprint density at radius 2 is 1.87 bits per heavy atom. The Bertz CT molecular complexity index is 1010. The molecule has 0 bridgehead atoms. The molecule has 10 heteroatoms. The molecule has 1 N–H and O–H groups in total. The minimum Gasteiger partial charge on any atom is -0.482 e. The zero-order chi connectivity index (χ0) is 22.6. The van der Waals surface area contributed by atoms with E-state index in [1.807, 2.05) is 0 Å². The lowest BCUT2D eigenvalue weighted by molar-refractivity contribution is -0.149. The van der Waals surface area contributed by atoms with Crippen LogP contribution in [0.4, 0.5) is 24.5 Å². The molecule has 7 nitrogen and oxygen atoms in total. The van der Waals surface area contributed by atoms with Crippen LogP contribution in [0.3, 0.4) is 0 Å². The van der Waals surface area contributed by atoms with E-state index in [1.165, 1.54) is 13.0 Å². The third-order valence-corrected chi connectivity index (χ3v) is 4.52. The van der Waals surface area contributed by atoms with E-state index in [4.69, 9.17) is 9.47 Å². The molecule has 0 atom stereocenters. The highest BCUT2D eigenvalue weighted by Crippen LogP contribution is 2.31. The number of rotatable bonds is 6. The van der Waals surface area contributed by atoms with Gasteiger partial charge in [-0.15, -0.1) is 0 Å². The number of carbonyl (C=O) groups is 3. The number of ether oxygens (including phenoxy) is 2. The maximum absolute atomic E-state index is 12.7. The Hall–Kier alpha value is -3.56. The molecular weight excluding hydrogens is 417 g/mol. The van der Waals surface area contributed by atoms with Crippen molar-refractivity contribution in [3.8, 4) is 5.75 Å². The number of nitrogens with one attached hydrogen (secondary N) is 1. The molecule has 2 amide bonds. The largest absolute Gasteiger partial charge is 0.482 e. The number of hydrogen-bond acceptors (Lipinski definition) is 5. The Morgan fingerprint density at radius 3 is 2.58 bits per heavy atom. The number of nitrogens with zero attached hydrogens (tertiary/aromatic N) is 1. The van der Waals surface area contributed by atoms with Crippen LogP contribution in [0.25, 0.3) is 0 Å². The lowest BCUT2D eigenvalue weighted by Gasteiger charge is -2.15. The molecule has 0 spiro atoms. The summed E-state index contributed by atoms with van der Waals surface area (Å²) in [5.74, 6) is -1.70. The predicted octanol–water partition coefficient (Wildman–Crippen LogP) is 3.18. The minimum absolute atomic E-state index is 0.0604. The molecule has 31 heavy (non-hydrogen) atoms. The van der Waals surface area contributed by atoms with Crippen molar-refractivity contribution >= 4 is 29.2 Å². The van der Waals surface area contributed by atoms with Crippen molar-refractivity contribution in [1.29, 1.82) is 0 Å². The lowest BCUT2D eigenvalue weighted by atomic mass is 10.1. The van der Waals surface area contributed by atoms with Crippen LogP contribution in [0.5, 0.6) is 5.75 Å². The summed E-state index contributed by atoms with van der Waals surface area (Å²) in [4.78, 5) is 36.9. The van der Waals surface area contributed by atoms with Crippen LogP contribution in [0.15, 0.2) is 42.5 Å². The van der Waals surface area contributed by atoms with Crippen LogP contribution >= 0.6 is 0 Å². The van der Waals surface area contributed by atoms with E-state index < -0.39 is 36.8 Å². The summed E-state index contributed by atoms with van der Waals surface area (Å²) in [6, 6.07) is 9.19. The van der Waals surface area contributed by atoms with Gasteiger partial charge in [-0.2, -0.15) is 13.2 Å². The van der Waals surface area contributed by atoms with Crippen LogP contribution in [-0.4, -0.2) is 37.5 Å².